The van der Waals surface area contributed by atoms with Gasteiger partial charge in [0, 0.05) is 22.9 Å². The molecule has 4 aromatic rings. The van der Waals surface area contributed by atoms with Gasteiger partial charge in [-0.05, 0) is 43.5 Å². The van der Waals surface area contributed by atoms with Crippen LogP contribution < -0.4 is 4.74 Å². The standard InChI is InChI=1S/C22H23N3O3S/c1-13-8-9-14(2)20(15(13)3)27-11-16(26)12-29-22-25-24-21(28-22)18-10-23-19-7-5-4-6-17(18)19/h4-10,16,23,26H,11-12H2,1-3H3/t16-/m1/s1. The van der Waals surface area contributed by atoms with Crippen molar-refractivity contribution >= 4 is 22.7 Å². The van der Waals surface area contributed by atoms with Crippen molar-refractivity contribution in [3.8, 4) is 17.2 Å². The fourth-order valence-electron chi connectivity index (χ4n) is 3.17. The molecular weight excluding hydrogens is 386 g/mol. The number of nitrogens with zero attached hydrogens (tertiary/aromatic N) is 2. The van der Waals surface area contributed by atoms with E-state index in [1.807, 2.05) is 50.4 Å². The first-order valence-electron chi connectivity index (χ1n) is 9.43. The molecule has 2 aromatic heterocycles. The Morgan fingerprint density at radius 3 is 2.76 bits per heavy atom. The maximum absolute atomic E-state index is 10.3. The topological polar surface area (TPSA) is 84.2 Å². The molecule has 0 spiro atoms. The number of hydrogen-bond donors (Lipinski definition) is 2. The zero-order valence-corrected chi connectivity index (χ0v) is 17.4. The van der Waals surface area contributed by atoms with Gasteiger partial charge in [0.05, 0.1) is 11.7 Å². The molecule has 4 rings (SSSR count). The van der Waals surface area contributed by atoms with E-state index in [-0.39, 0.29) is 6.61 Å². The lowest BCUT2D eigenvalue weighted by molar-refractivity contribution is 0.125. The smallest absolute Gasteiger partial charge is 0.276 e. The van der Waals surface area contributed by atoms with Crippen LogP contribution in [0.5, 0.6) is 5.75 Å². The Labute approximate surface area is 173 Å². The van der Waals surface area contributed by atoms with Crippen LogP contribution in [0.4, 0.5) is 0 Å². The molecule has 0 fully saturated rings. The second kappa shape index (κ2) is 8.31. The van der Waals surface area contributed by atoms with Crippen LogP contribution in [0, 0.1) is 20.8 Å². The number of hydrogen-bond acceptors (Lipinski definition) is 6. The molecule has 0 aliphatic rings. The van der Waals surface area contributed by atoms with E-state index >= 15 is 0 Å². The predicted molar refractivity (Wildman–Crippen MR) is 114 cm³/mol. The minimum Gasteiger partial charge on any atom is -0.490 e. The Morgan fingerprint density at radius 1 is 1.10 bits per heavy atom. The van der Waals surface area contributed by atoms with E-state index in [0.717, 1.165) is 33.3 Å². The summed E-state index contributed by atoms with van der Waals surface area (Å²) in [6.45, 7) is 6.30. The van der Waals surface area contributed by atoms with Gasteiger partial charge in [0.15, 0.2) is 0 Å². The van der Waals surface area contributed by atoms with Crippen molar-refractivity contribution in [2.75, 3.05) is 12.4 Å². The summed E-state index contributed by atoms with van der Waals surface area (Å²) in [6.07, 6.45) is 1.21. The van der Waals surface area contributed by atoms with Crippen molar-refractivity contribution in [1.29, 1.82) is 0 Å². The molecule has 0 aliphatic heterocycles. The van der Waals surface area contributed by atoms with Gasteiger partial charge in [-0.15, -0.1) is 10.2 Å². The normalized spacial score (nSPS) is 12.4. The van der Waals surface area contributed by atoms with Crippen LogP contribution in [0.2, 0.25) is 0 Å². The van der Waals surface area contributed by atoms with Gasteiger partial charge in [0.25, 0.3) is 11.1 Å². The van der Waals surface area contributed by atoms with Crippen molar-refractivity contribution in [1.82, 2.24) is 15.2 Å². The number of aryl methyl sites for hydroxylation is 2. The van der Waals surface area contributed by atoms with E-state index < -0.39 is 6.10 Å². The van der Waals surface area contributed by atoms with Crippen molar-refractivity contribution in [3.63, 3.8) is 0 Å². The molecule has 6 nitrogen and oxygen atoms in total. The predicted octanol–water partition coefficient (Wildman–Crippen LogP) is 4.68. The third kappa shape index (κ3) is 4.16. The van der Waals surface area contributed by atoms with Gasteiger partial charge >= 0.3 is 0 Å². The molecule has 1 atom stereocenters. The Hall–Kier alpha value is -2.77. The van der Waals surface area contributed by atoms with Crippen LogP contribution in [0.1, 0.15) is 16.7 Å². The fraction of sp³-hybridized carbons (Fsp3) is 0.273. The van der Waals surface area contributed by atoms with Crippen molar-refractivity contribution in [2.45, 2.75) is 32.1 Å². The summed E-state index contributed by atoms with van der Waals surface area (Å²) in [5, 5.41) is 20.0. The lowest BCUT2D eigenvalue weighted by atomic mass is 10.1. The summed E-state index contributed by atoms with van der Waals surface area (Å²) < 4.78 is 11.6. The average molecular weight is 410 g/mol. The molecule has 2 N–H and O–H groups in total. The lowest BCUT2D eigenvalue weighted by Crippen LogP contribution is -2.20. The third-order valence-electron chi connectivity index (χ3n) is 4.92. The minimum atomic E-state index is -0.650. The van der Waals surface area contributed by atoms with Crippen LogP contribution in [0.15, 0.2) is 52.2 Å². The first-order chi connectivity index (χ1) is 14.0. The molecule has 2 heterocycles. The van der Waals surface area contributed by atoms with Gasteiger partial charge in [0.2, 0.25) is 0 Å². The second-order valence-electron chi connectivity index (χ2n) is 7.05. The van der Waals surface area contributed by atoms with Gasteiger partial charge in [-0.25, -0.2) is 0 Å². The van der Waals surface area contributed by atoms with Gasteiger partial charge in [-0.1, -0.05) is 42.1 Å². The summed E-state index contributed by atoms with van der Waals surface area (Å²) in [5.74, 6) is 1.70. The molecule has 7 heteroatoms. The van der Waals surface area contributed by atoms with Crippen LogP contribution in [-0.4, -0.2) is 38.8 Å². The maximum atomic E-state index is 10.3. The SMILES string of the molecule is Cc1ccc(C)c(OC[C@@H](O)CSc2nnc(-c3c[nH]c4ccccc34)o2)c1C. The molecule has 0 unspecified atom stereocenters. The zero-order valence-electron chi connectivity index (χ0n) is 16.6. The van der Waals surface area contributed by atoms with Gasteiger partial charge in [-0.3, -0.25) is 0 Å². The number of thioether (sulfide) groups is 1. The van der Waals surface area contributed by atoms with Crippen molar-refractivity contribution < 1.29 is 14.3 Å². The number of benzene rings is 2. The number of ether oxygens (including phenoxy) is 1. The first-order valence-corrected chi connectivity index (χ1v) is 10.4. The summed E-state index contributed by atoms with van der Waals surface area (Å²) in [6, 6.07) is 12.1. The summed E-state index contributed by atoms with van der Waals surface area (Å²) in [7, 11) is 0. The van der Waals surface area contributed by atoms with Gasteiger partial charge in [0.1, 0.15) is 12.4 Å². The molecule has 0 bridgehead atoms. The average Bonchev–Trinajstić information content (AvgIpc) is 3.36. The molecule has 0 saturated carbocycles. The largest absolute Gasteiger partial charge is 0.490 e. The molecule has 2 aromatic carbocycles. The lowest BCUT2D eigenvalue weighted by Gasteiger charge is -2.16. The van der Waals surface area contributed by atoms with Crippen LogP contribution in [-0.2, 0) is 0 Å². The monoisotopic (exact) mass is 409 g/mol. The number of aliphatic hydroxyl groups is 1. The quantitative estimate of drug-likeness (QED) is 0.431. The van der Waals surface area contributed by atoms with Crippen molar-refractivity contribution in [3.05, 3.63) is 59.3 Å². The molecule has 0 saturated heterocycles. The number of nitrogens with one attached hydrogen (secondary N) is 1. The van der Waals surface area contributed by atoms with E-state index in [2.05, 4.69) is 28.2 Å². The highest BCUT2D eigenvalue weighted by atomic mass is 32.2. The van der Waals surface area contributed by atoms with Crippen LogP contribution in [0.25, 0.3) is 22.4 Å². The van der Waals surface area contributed by atoms with E-state index in [1.54, 1.807) is 0 Å². The molecule has 29 heavy (non-hydrogen) atoms. The number of aliphatic hydroxyl groups excluding tert-OH is 1. The Morgan fingerprint density at radius 2 is 1.90 bits per heavy atom. The third-order valence-corrected chi connectivity index (χ3v) is 5.88. The van der Waals surface area contributed by atoms with E-state index in [0.29, 0.717) is 16.9 Å². The molecular formula is C22H23N3O3S. The van der Waals surface area contributed by atoms with E-state index in [4.69, 9.17) is 9.15 Å². The van der Waals surface area contributed by atoms with Crippen molar-refractivity contribution in [2.24, 2.45) is 0 Å². The Balaban J connectivity index is 1.36. The van der Waals surface area contributed by atoms with Gasteiger partial charge < -0.3 is 19.2 Å². The number of aromatic amines is 1. The van der Waals surface area contributed by atoms with E-state index in [1.165, 1.54) is 17.3 Å². The number of H-pyrrole nitrogens is 1. The highest BCUT2D eigenvalue weighted by molar-refractivity contribution is 7.99. The van der Waals surface area contributed by atoms with Gasteiger partial charge in [-0.2, -0.15) is 0 Å². The van der Waals surface area contributed by atoms with Crippen LogP contribution >= 0.6 is 11.8 Å². The summed E-state index contributed by atoms with van der Waals surface area (Å²) >= 11 is 1.32. The maximum Gasteiger partial charge on any atom is 0.276 e. The fourth-order valence-corrected chi connectivity index (χ4v) is 3.84. The Kier molecular flexibility index (Phi) is 5.60. The molecule has 0 radical (unpaired) electrons. The second-order valence-corrected chi connectivity index (χ2v) is 8.02. The number of fused-ring (bicyclic) bond motifs is 1. The molecule has 0 amide bonds. The molecule has 150 valence electrons. The summed E-state index contributed by atoms with van der Waals surface area (Å²) in [4.78, 5) is 3.20. The number of para-hydroxylation sites is 1. The Bertz CT molecular complexity index is 1140. The van der Waals surface area contributed by atoms with Crippen LogP contribution in [0.3, 0.4) is 0 Å². The summed E-state index contributed by atoms with van der Waals surface area (Å²) in [5.41, 5.74) is 5.22. The highest BCUT2D eigenvalue weighted by Crippen LogP contribution is 2.30. The first kappa shape index (κ1) is 19.5. The highest BCUT2D eigenvalue weighted by Gasteiger charge is 2.16. The molecule has 0 aliphatic carbocycles. The minimum absolute atomic E-state index is 0.210. The zero-order chi connectivity index (χ0) is 20.4. The van der Waals surface area contributed by atoms with E-state index in [9.17, 15) is 5.11 Å². The number of aromatic nitrogens is 3. The number of rotatable bonds is 7.